The molecule has 1 aromatic rings. The monoisotopic (exact) mass is 237 g/mol. The maximum Gasteiger partial charge on any atom is 0.125 e. The summed E-state index contributed by atoms with van der Waals surface area (Å²) in [5.41, 5.74) is 6.48. The van der Waals surface area contributed by atoms with E-state index >= 15 is 0 Å². The SMILES string of the molecule is CCOc1cc(N)cc(OC(C)CC(C)C)c1. The molecule has 1 aromatic carbocycles. The molecule has 0 aliphatic heterocycles. The highest BCUT2D eigenvalue weighted by Crippen LogP contribution is 2.26. The maximum absolute atomic E-state index is 5.83. The molecule has 0 amide bonds. The minimum Gasteiger partial charge on any atom is -0.494 e. The number of ether oxygens (including phenoxy) is 2. The molecular weight excluding hydrogens is 214 g/mol. The third-order valence-corrected chi connectivity index (χ3v) is 2.35. The van der Waals surface area contributed by atoms with E-state index in [0.29, 0.717) is 18.2 Å². The van der Waals surface area contributed by atoms with Gasteiger partial charge in [-0.3, -0.25) is 0 Å². The van der Waals surface area contributed by atoms with E-state index in [0.717, 1.165) is 17.9 Å². The standard InChI is InChI=1S/C14H23NO2/c1-5-16-13-7-12(15)8-14(9-13)17-11(4)6-10(2)3/h7-11H,5-6,15H2,1-4H3. The molecule has 1 unspecified atom stereocenters. The third kappa shape index (κ3) is 4.98. The van der Waals surface area contributed by atoms with Crippen LogP contribution < -0.4 is 15.2 Å². The second kappa shape index (κ2) is 6.38. The van der Waals surface area contributed by atoms with Crippen LogP contribution in [0.5, 0.6) is 11.5 Å². The summed E-state index contributed by atoms with van der Waals surface area (Å²) in [4.78, 5) is 0. The van der Waals surface area contributed by atoms with Crippen LogP contribution in [-0.4, -0.2) is 12.7 Å². The first-order valence-corrected chi connectivity index (χ1v) is 6.21. The Kier molecular flexibility index (Phi) is 5.13. The largest absolute Gasteiger partial charge is 0.494 e. The Balaban J connectivity index is 2.69. The topological polar surface area (TPSA) is 44.5 Å². The molecule has 0 saturated heterocycles. The first-order valence-electron chi connectivity index (χ1n) is 6.21. The van der Waals surface area contributed by atoms with Gasteiger partial charge in [0.25, 0.3) is 0 Å². The lowest BCUT2D eigenvalue weighted by atomic mass is 10.1. The Hall–Kier alpha value is -1.38. The molecule has 3 heteroatoms. The Labute approximate surface area is 104 Å². The van der Waals surface area contributed by atoms with Crippen LogP contribution in [-0.2, 0) is 0 Å². The van der Waals surface area contributed by atoms with Crippen molar-refractivity contribution in [2.45, 2.75) is 40.2 Å². The minimum atomic E-state index is 0.186. The summed E-state index contributed by atoms with van der Waals surface area (Å²) in [5.74, 6) is 2.17. The number of nitrogens with two attached hydrogens (primary N) is 1. The van der Waals surface area contributed by atoms with Gasteiger partial charge in [0, 0.05) is 23.9 Å². The van der Waals surface area contributed by atoms with Gasteiger partial charge in [-0.1, -0.05) is 13.8 Å². The highest BCUT2D eigenvalue weighted by Gasteiger charge is 2.08. The summed E-state index contributed by atoms with van der Waals surface area (Å²) in [7, 11) is 0. The Morgan fingerprint density at radius 2 is 1.76 bits per heavy atom. The highest BCUT2D eigenvalue weighted by atomic mass is 16.5. The lowest BCUT2D eigenvalue weighted by Gasteiger charge is -2.17. The van der Waals surface area contributed by atoms with Crippen molar-refractivity contribution >= 4 is 5.69 Å². The van der Waals surface area contributed by atoms with Crippen LogP contribution in [0.4, 0.5) is 5.69 Å². The van der Waals surface area contributed by atoms with Crippen molar-refractivity contribution in [2.75, 3.05) is 12.3 Å². The van der Waals surface area contributed by atoms with E-state index in [-0.39, 0.29) is 6.10 Å². The molecule has 0 fully saturated rings. The summed E-state index contributed by atoms with van der Waals surface area (Å²) >= 11 is 0. The van der Waals surface area contributed by atoms with E-state index < -0.39 is 0 Å². The van der Waals surface area contributed by atoms with Gasteiger partial charge in [0.15, 0.2) is 0 Å². The van der Waals surface area contributed by atoms with Crippen molar-refractivity contribution in [1.82, 2.24) is 0 Å². The third-order valence-electron chi connectivity index (χ3n) is 2.35. The fraction of sp³-hybridized carbons (Fsp3) is 0.571. The first kappa shape index (κ1) is 13.7. The number of hydrogen-bond donors (Lipinski definition) is 1. The van der Waals surface area contributed by atoms with Crippen molar-refractivity contribution < 1.29 is 9.47 Å². The van der Waals surface area contributed by atoms with Gasteiger partial charge < -0.3 is 15.2 Å². The molecule has 0 bridgehead atoms. The summed E-state index contributed by atoms with van der Waals surface area (Å²) in [6, 6.07) is 5.53. The van der Waals surface area contributed by atoms with Gasteiger partial charge in [-0.05, 0) is 26.2 Å². The number of anilines is 1. The predicted octanol–water partition coefficient (Wildman–Crippen LogP) is 3.48. The molecule has 96 valence electrons. The van der Waals surface area contributed by atoms with Crippen LogP contribution >= 0.6 is 0 Å². The predicted molar refractivity (Wildman–Crippen MR) is 71.6 cm³/mol. The maximum atomic E-state index is 5.83. The van der Waals surface area contributed by atoms with E-state index in [1.165, 1.54) is 0 Å². The second-order valence-corrected chi connectivity index (χ2v) is 4.73. The number of hydrogen-bond acceptors (Lipinski definition) is 3. The zero-order valence-electron chi connectivity index (χ0n) is 11.2. The molecule has 1 rings (SSSR count). The van der Waals surface area contributed by atoms with Gasteiger partial charge >= 0.3 is 0 Å². The van der Waals surface area contributed by atoms with Gasteiger partial charge in [-0.25, -0.2) is 0 Å². The molecule has 17 heavy (non-hydrogen) atoms. The van der Waals surface area contributed by atoms with E-state index in [1.54, 1.807) is 0 Å². The molecule has 0 heterocycles. The minimum absolute atomic E-state index is 0.186. The quantitative estimate of drug-likeness (QED) is 0.770. The lowest BCUT2D eigenvalue weighted by molar-refractivity contribution is 0.192. The fourth-order valence-electron chi connectivity index (χ4n) is 1.86. The molecule has 3 nitrogen and oxygen atoms in total. The molecule has 0 aliphatic rings. The van der Waals surface area contributed by atoms with Gasteiger partial charge in [-0.15, -0.1) is 0 Å². The number of nitrogen functional groups attached to an aromatic ring is 1. The van der Waals surface area contributed by atoms with Gasteiger partial charge in [0.1, 0.15) is 11.5 Å². The van der Waals surface area contributed by atoms with E-state index in [4.69, 9.17) is 15.2 Å². The highest BCUT2D eigenvalue weighted by molar-refractivity contribution is 5.50. The zero-order valence-corrected chi connectivity index (χ0v) is 11.2. The Morgan fingerprint density at radius 1 is 1.12 bits per heavy atom. The van der Waals surface area contributed by atoms with Crippen molar-refractivity contribution in [3.63, 3.8) is 0 Å². The van der Waals surface area contributed by atoms with E-state index in [9.17, 15) is 0 Å². The van der Waals surface area contributed by atoms with Crippen LogP contribution in [0.1, 0.15) is 34.1 Å². The normalized spacial score (nSPS) is 12.5. The van der Waals surface area contributed by atoms with Gasteiger partial charge in [-0.2, -0.15) is 0 Å². The van der Waals surface area contributed by atoms with Crippen molar-refractivity contribution in [3.05, 3.63) is 18.2 Å². The molecule has 1 atom stereocenters. The van der Waals surface area contributed by atoms with E-state index in [2.05, 4.69) is 20.8 Å². The average Bonchev–Trinajstić information content (AvgIpc) is 2.14. The van der Waals surface area contributed by atoms with Crippen molar-refractivity contribution in [1.29, 1.82) is 0 Å². The van der Waals surface area contributed by atoms with Gasteiger partial charge in [0.05, 0.1) is 12.7 Å². The Bertz CT molecular complexity index is 350. The molecule has 0 radical (unpaired) electrons. The Morgan fingerprint density at radius 3 is 2.35 bits per heavy atom. The summed E-state index contributed by atoms with van der Waals surface area (Å²) < 4.78 is 11.3. The average molecular weight is 237 g/mol. The lowest BCUT2D eigenvalue weighted by Crippen LogP contribution is -2.14. The van der Waals surface area contributed by atoms with Crippen LogP contribution in [0, 0.1) is 5.92 Å². The second-order valence-electron chi connectivity index (χ2n) is 4.73. The van der Waals surface area contributed by atoms with Crippen LogP contribution in [0.2, 0.25) is 0 Å². The summed E-state index contributed by atoms with van der Waals surface area (Å²) in [5, 5.41) is 0. The molecule has 0 saturated carbocycles. The summed E-state index contributed by atoms with van der Waals surface area (Å²) in [6.07, 6.45) is 1.21. The van der Waals surface area contributed by atoms with Crippen LogP contribution in [0.15, 0.2) is 18.2 Å². The van der Waals surface area contributed by atoms with Crippen molar-refractivity contribution in [2.24, 2.45) is 5.92 Å². The molecule has 0 aromatic heterocycles. The van der Waals surface area contributed by atoms with Crippen molar-refractivity contribution in [3.8, 4) is 11.5 Å². The summed E-state index contributed by atoms with van der Waals surface area (Å²) in [6.45, 7) is 9.02. The molecular formula is C14H23NO2. The van der Waals surface area contributed by atoms with Gasteiger partial charge in [0.2, 0.25) is 0 Å². The van der Waals surface area contributed by atoms with Crippen LogP contribution in [0.3, 0.4) is 0 Å². The molecule has 2 N–H and O–H groups in total. The zero-order chi connectivity index (χ0) is 12.8. The van der Waals surface area contributed by atoms with Crippen LogP contribution in [0.25, 0.3) is 0 Å². The first-order chi connectivity index (χ1) is 8.01. The molecule has 0 spiro atoms. The fourth-order valence-corrected chi connectivity index (χ4v) is 1.86. The smallest absolute Gasteiger partial charge is 0.125 e. The number of benzene rings is 1. The van der Waals surface area contributed by atoms with E-state index in [1.807, 2.05) is 25.1 Å². The number of rotatable bonds is 6. The molecule has 0 aliphatic carbocycles.